The molecule has 0 aliphatic carbocycles. The number of methoxy groups -OCH3 is 2. The van der Waals surface area contributed by atoms with Crippen LogP contribution < -0.4 is 9.47 Å². The average Bonchev–Trinajstić information content (AvgIpc) is 3.19. The first-order valence-electron chi connectivity index (χ1n) is 8.68. The van der Waals surface area contributed by atoms with E-state index in [2.05, 4.69) is 10.2 Å². The quantitative estimate of drug-likeness (QED) is 0.532. The molecule has 9 heteroatoms. The Morgan fingerprint density at radius 3 is 2.62 bits per heavy atom. The number of para-hydroxylation sites is 1. The Hall–Kier alpha value is -3.88. The number of esters is 1. The van der Waals surface area contributed by atoms with E-state index in [0.717, 1.165) is 0 Å². The predicted octanol–water partition coefficient (Wildman–Crippen LogP) is 3.71. The van der Waals surface area contributed by atoms with E-state index in [9.17, 15) is 14.7 Å². The Bertz CT molecular complexity index is 1180. The standard InChI is InChI=1S/C20H17N3O6/c1-10(24)21-22-16-11-6-4-5-7-13(11)23(18(16)25)19-12-8-9-14(27-2)17(28-3)15(12)20(26)29-19/h4-9,19,25H,1-3H3/t19-/m0/s1. The van der Waals surface area contributed by atoms with Gasteiger partial charge in [0.1, 0.15) is 5.56 Å². The topological polar surface area (TPSA) is 112 Å². The summed E-state index contributed by atoms with van der Waals surface area (Å²) >= 11 is 0. The average molecular weight is 395 g/mol. The highest BCUT2D eigenvalue weighted by molar-refractivity contribution is 5.99. The van der Waals surface area contributed by atoms with E-state index in [1.54, 1.807) is 36.4 Å². The smallest absolute Gasteiger partial charge is 0.344 e. The van der Waals surface area contributed by atoms with Crippen LogP contribution in [0, 0.1) is 0 Å². The van der Waals surface area contributed by atoms with Crippen molar-refractivity contribution in [3.05, 3.63) is 47.5 Å². The molecule has 1 N–H and O–H groups in total. The third kappa shape index (κ3) is 2.78. The summed E-state index contributed by atoms with van der Waals surface area (Å²) in [4.78, 5) is 23.8. The molecule has 4 rings (SSSR count). The summed E-state index contributed by atoms with van der Waals surface area (Å²) in [7, 11) is 2.90. The van der Waals surface area contributed by atoms with Crippen molar-refractivity contribution in [2.75, 3.05) is 14.2 Å². The Labute approximate surface area is 165 Å². The molecule has 148 valence electrons. The van der Waals surface area contributed by atoms with Crippen molar-refractivity contribution >= 4 is 28.5 Å². The first-order chi connectivity index (χ1) is 14.0. The van der Waals surface area contributed by atoms with E-state index in [1.165, 1.54) is 25.7 Å². The number of benzene rings is 2. The third-order valence-electron chi connectivity index (χ3n) is 4.65. The van der Waals surface area contributed by atoms with Crippen molar-refractivity contribution in [3.63, 3.8) is 0 Å². The number of azo groups is 1. The molecule has 0 saturated carbocycles. The van der Waals surface area contributed by atoms with Gasteiger partial charge < -0.3 is 19.3 Å². The molecule has 3 aromatic rings. The van der Waals surface area contributed by atoms with Crippen LogP contribution in [0.4, 0.5) is 5.69 Å². The lowest BCUT2D eigenvalue weighted by Gasteiger charge is -2.16. The number of carbonyl (C=O) groups excluding carboxylic acids is 2. The maximum Gasteiger partial charge on any atom is 0.344 e. The zero-order valence-corrected chi connectivity index (χ0v) is 15.9. The van der Waals surface area contributed by atoms with Gasteiger partial charge in [0.15, 0.2) is 17.2 Å². The monoisotopic (exact) mass is 395 g/mol. The number of fused-ring (bicyclic) bond motifs is 2. The van der Waals surface area contributed by atoms with Crippen molar-refractivity contribution in [2.24, 2.45) is 10.2 Å². The minimum atomic E-state index is -0.955. The molecule has 1 amide bonds. The van der Waals surface area contributed by atoms with Crippen LogP contribution in [0.15, 0.2) is 46.6 Å². The van der Waals surface area contributed by atoms with Crippen LogP contribution in [-0.2, 0) is 9.53 Å². The van der Waals surface area contributed by atoms with Crippen molar-refractivity contribution < 1.29 is 28.9 Å². The number of ether oxygens (including phenoxy) is 3. The number of rotatable bonds is 4. The highest BCUT2D eigenvalue weighted by Gasteiger charge is 2.39. The molecule has 2 aromatic carbocycles. The van der Waals surface area contributed by atoms with Gasteiger partial charge in [0.05, 0.1) is 19.7 Å². The first kappa shape index (κ1) is 18.5. The summed E-state index contributed by atoms with van der Waals surface area (Å²) in [6.07, 6.45) is -0.955. The van der Waals surface area contributed by atoms with E-state index in [0.29, 0.717) is 22.2 Å². The van der Waals surface area contributed by atoms with E-state index in [-0.39, 0.29) is 22.9 Å². The summed E-state index contributed by atoms with van der Waals surface area (Å²) in [5, 5.41) is 18.8. The summed E-state index contributed by atoms with van der Waals surface area (Å²) in [5.74, 6) is -0.747. The summed E-state index contributed by atoms with van der Waals surface area (Å²) in [5.41, 5.74) is 1.39. The zero-order chi connectivity index (χ0) is 20.7. The molecule has 0 bridgehead atoms. The Kier molecular flexibility index (Phi) is 4.42. The van der Waals surface area contributed by atoms with E-state index in [1.807, 2.05) is 0 Å². The maximum absolute atomic E-state index is 12.6. The second-order valence-electron chi connectivity index (χ2n) is 6.30. The van der Waals surface area contributed by atoms with Crippen LogP contribution in [0.5, 0.6) is 17.4 Å². The van der Waals surface area contributed by atoms with Crippen LogP contribution in [0.3, 0.4) is 0 Å². The lowest BCUT2D eigenvalue weighted by Crippen LogP contribution is -2.09. The summed E-state index contributed by atoms with van der Waals surface area (Å²) in [6, 6.07) is 10.3. The zero-order valence-electron chi connectivity index (χ0n) is 15.9. The van der Waals surface area contributed by atoms with Gasteiger partial charge in [0.2, 0.25) is 12.1 Å². The van der Waals surface area contributed by atoms with Gasteiger partial charge in [-0.2, -0.15) is 0 Å². The Balaban J connectivity index is 1.96. The molecule has 0 saturated heterocycles. The number of cyclic esters (lactones) is 1. The molecule has 29 heavy (non-hydrogen) atoms. The van der Waals surface area contributed by atoms with E-state index < -0.39 is 18.1 Å². The fourth-order valence-electron chi connectivity index (χ4n) is 3.46. The predicted molar refractivity (Wildman–Crippen MR) is 102 cm³/mol. The largest absolute Gasteiger partial charge is 0.493 e. The maximum atomic E-state index is 12.6. The number of carbonyl (C=O) groups is 2. The number of nitrogens with zero attached hydrogens (tertiary/aromatic N) is 3. The van der Waals surface area contributed by atoms with Gasteiger partial charge in [-0.3, -0.25) is 9.36 Å². The van der Waals surface area contributed by atoms with Crippen LogP contribution in [0.25, 0.3) is 10.9 Å². The summed E-state index contributed by atoms with van der Waals surface area (Å²) in [6.45, 7) is 1.26. The highest BCUT2D eigenvalue weighted by Crippen LogP contribution is 2.48. The van der Waals surface area contributed by atoms with Gasteiger partial charge in [-0.15, -0.1) is 10.2 Å². The minimum Gasteiger partial charge on any atom is -0.493 e. The first-order valence-corrected chi connectivity index (χ1v) is 8.68. The summed E-state index contributed by atoms with van der Waals surface area (Å²) < 4.78 is 17.6. The molecule has 0 unspecified atom stereocenters. The second-order valence-corrected chi connectivity index (χ2v) is 6.30. The molecular weight excluding hydrogens is 378 g/mol. The van der Waals surface area contributed by atoms with Crippen LogP contribution in [0.2, 0.25) is 0 Å². The fraction of sp³-hybridized carbons (Fsp3) is 0.200. The number of aromatic hydroxyl groups is 1. The molecule has 1 aromatic heterocycles. The minimum absolute atomic E-state index is 0.112. The lowest BCUT2D eigenvalue weighted by atomic mass is 10.1. The Morgan fingerprint density at radius 1 is 1.17 bits per heavy atom. The van der Waals surface area contributed by atoms with Crippen molar-refractivity contribution in [1.82, 2.24) is 4.57 Å². The number of aromatic nitrogens is 1. The van der Waals surface area contributed by atoms with Crippen molar-refractivity contribution in [2.45, 2.75) is 13.2 Å². The van der Waals surface area contributed by atoms with Crippen molar-refractivity contribution in [1.29, 1.82) is 0 Å². The normalized spacial score (nSPS) is 15.6. The molecule has 0 spiro atoms. The molecule has 2 heterocycles. The highest BCUT2D eigenvalue weighted by atomic mass is 16.6. The van der Waals surface area contributed by atoms with Gasteiger partial charge in [-0.05, 0) is 18.2 Å². The van der Waals surface area contributed by atoms with Crippen LogP contribution in [-0.4, -0.2) is 35.8 Å². The SMILES string of the molecule is COc1ccc2c(c1OC)C(=O)O[C@@H]2n1c(O)c(N=NC(C)=O)c2ccccc21. The molecule has 1 atom stereocenters. The molecule has 1 aliphatic rings. The molecular formula is C20H17N3O6. The number of amides is 1. The Morgan fingerprint density at radius 2 is 1.93 bits per heavy atom. The van der Waals surface area contributed by atoms with Gasteiger partial charge in [0, 0.05) is 17.9 Å². The van der Waals surface area contributed by atoms with Gasteiger partial charge in [-0.25, -0.2) is 4.79 Å². The van der Waals surface area contributed by atoms with Gasteiger partial charge >= 0.3 is 5.97 Å². The van der Waals surface area contributed by atoms with Crippen LogP contribution >= 0.6 is 0 Å². The van der Waals surface area contributed by atoms with Gasteiger partial charge in [0.25, 0.3) is 5.91 Å². The molecule has 1 aliphatic heterocycles. The van der Waals surface area contributed by atoms with Gasteiger partial charge in [-0.1, -0.05) is 18.2 Å². The van der Waals surface area contributed by atoms with E-state index in [4.69, 9.17) is 14.2 Å². The van der Waals surface area contributed by atoms with Crippen LogP contribution in [0.1, 0.15) is 29.1 Å². The van der Waals surface area contributed by atoms with E-state index >= 15 is 0 Å². The lowest BCUT2D eigenvalue weighted by molar-refractivity contribution is -0.116. The molecule has 0 radical (unpaired) electrons. The molecule has 0 fully saturated rings. The fourth-order valence-corrected chi connectivity index (χ4v) is 3.46. The van der Waals surface area contributed by atoms with Crippen molar-refractivity contribution in [3.8, 4) is 17.4 Å². The molecule has 9 nitrogen and oxygen atoms in total. The number of hydrogen-bond acceptors (Lipinski definition) is 7. The third-order valence-corrected chi connectivity index (χ3v) is 4.65. The number of hydrogen-bond donors (Lipinski definition) is 1. The second kappa shape index (κ2) is 6.93.